The molecular formula is C17H13ClF3N3O. The Morgan fingerprint density at radius 2 is 1.92 bits per heavy atom. The minimum atomic E-state index is -4.47. The molecule has 0 bridgehead atoms. The van der Waals surface area contributed by atoms with Crippen molar-refractivity contribution in [3.8, 4) is 5.82 Å². The van der Waals surface area contributed by atoms with Crippen LogP contribution in [0.4, 0.5) is 13.2 Å². The van der Waals surface area contributed by atoms with E-state index in [-0.39, 0.29) is 11.4 Å². The average molecular weight is 368 g/mol. The largest absolute Gasteiger partial charge is 0.417 e. The van der Waals surface area contributed by atoms with Gasteiger partial charge in [0, 0.05) is 28.9 Å². The molecule has 25 heavy (non-hydrogen) atoms. The molecule has 0 aliphatic rings. The van der Waals surface area contributed by atoms with Crippen molar-refractivity contribution in [2.45, 2.75) is 19.5 Å². The molecule has 0 amide bonds. The van der Waals surface area contributed by atoms with Gasteiger partial charge in [-0.1, -0.05) is 29.8 Å². The van der Waals surface area contributed by atoms with Crippen LogP contribution in [-0.2, 0) is 12.6 Å². The topological polar surface area (TPSA) is 50.7 Å². The van der Waals surface area contributed by atoms with Gasteiger partial charge in [-0.2, -0.15) is 13.2 Å². The van der Waals surface area contributed by atoms with Crippen molar-refractivity contribution in [3.63, 3.8) is 0 Å². The minimum absolute atomic E-state index is 0.0894. The summed E-state index contributed by atoms with van der Waals surface area (Å²) >= 11 is 6.12. The monoisotopic (exact) mass is 367 g/mol. The van der Waals surface area contributed by atoms with Gasteiger partial charge < -0.3 is 0 Å². The Labute approximate surface area is 145 Å². The Morgan fingerprint density at radius 3 is 2.52 bits per heavy atom. The third-order valence-electron chi connectivity index (χ3n) is 3.82. The van der Waals surface area contributed by atoms with Crippen LogP contribution in [0.15, 0.2) is 47.4 Å². The summed E-state index contributed by atoms with van der Waals surface area (Å²) in [6.07, 6.45) is -3.46. The number of nitrogens with one attached hydrogen (secondary N) is 1. The van der Waals surface area contributed by atoms with E-state index < -0.39 is 11.7 Å². The van der Waals surface area contributed by atoms with Gasteiger partial charge >= 0.3 is 6.18 Å². The molecule has 0 aliphatic heterocycles. The van der Waals surface area contributed by atoms with Crippen LogP contribution in [0.1, 0.15) is 22.4 Å². The van der Waals surface area contributed by atoms with Crippen LogP contribution in [0.2, 0.25) is 5.02 Å². The molecular weight excluding hydrogens is 355 g/mol. The second-order valence-electron chi connectivity index (χ2n) is 5.53. The van der Waals surface area contributed by atoms with Gasteiger partial charge in [0.25, 0.3) is 5.56 Å². The van der Waals surface area contributed by atoms with Crippen LogP contribution in [-0.4, -0.2) is 14.8 Å². The number of benzene rings is 1. The van der Waals surface area contributed by atoms with Crippen LogP contribution >= 0.6 is 11.6 Å². The van der Waals surface area contributed by atoms with Gasteiger partial charge in [-0.15, -0.1) is 0 Å². The Morgan fingerprint density at radius 1 is 1.20 bits per heavy atom. The SMILES string of the molecule is Cc1[nH]n(-c2ccc(C(F)(F)F)cn2)c(=O)c1Cc1ccccc1Cl. The van der Waals surface area contributed by atoms with Gasteiger partial charge in [0.1, 0.15) is 0 Å². The van der Waals surface area contributed by atoms with Gasteiger partial charge in [0.2, 0.25) is 0 Å². The van der Waals surface area contributed by atoms with Crippen LogP contribution in [0, 0.1) is 6.92 Å². The quantitative estimate of drug-likeness (QED) is 0.756. The zero-order chi connectivity index (χ0) is 18.2. The fourth-order valence-electron chi connectivity index (χ4n) is 2.47. The highest BCUT2D eigenvalue weighted by molar-refractivity contribution is 6.31. The van der Waals surface area contributed by atoms with Crippen LogP contribution < -0.4 is 5.56 Å². The number of H-pyrrole nitrogens is 1. The molecule has 2 heterocycles. The van der Waals surface area contributed by atoms with Gasteiger partial charge in [0.05, 0.1) is 5.56 Å². The molecule has 0 radical (unpaired) electrons. The molecule has 0 unspecified atom stereocenters. The number of nitrogens with zero attached hydrogens (tertiary/aromatic N) is 2. The van der Waals surface area contributed by atoms with Gasteiger partial charge in [-0.05, 0) is 30.7 Å². The van der Waals surface area contributed by atoms with E-state index >= 15 is 0 Å². The number of hydrogen-bond donors (Lipinski definition) is 1. The fraction of sp³-hybridized carbons (Fsp3) is 0.176. The highest BCUT2D eigenvalue weighted by Gasteiger charge is 2.30. The van der Waals surface area contributed by atoms with Crippen molar-refractivity contribution in [2.75, 3.05) is 0 Å². The molecule has 8 heteroatoms. The maximum absolute atomic E-state index is 12.6. The second-order valence-corrected chi connectivity index (χ2v) is 5.93. The zero-order valence-corrected chi connectivity index (χ0v) is 13.8. The normalized spacial score (nSPS) is 11.7. The Balaban J connectivity index is 1.97. The molecule has 0 aliphatic carbocycles. The summed E-state index contributed by atoms with van der Waals surface area (Å²) in [5.41, 5.74) is 0.630. The van der Waals surface area contributed by atoms with Crippen molar-refractivity contribution in [1.29, 1.82) is 0 Å². The second kappa shape index (κ2) is 6.40. The molecule has 130 valence electrons. The number of pyridine rings is 1. The number of aromatic nitrogens is 3. The minimum Gasteiger partial charge on any atom is -0.294 e. The molecule has 0 atom stereocenters. The summed E-state index contributed by atoms with van der Waals surface area (Å²) in [6, 6.07) is 9.20. The third-order valence-corrected chi connectivity index (χ3v) is 4.19. The standard InChI is InChI=1S/C17H13ClF3N3O/c1-10-13(8-11-4-2-3-5-14(11)18)16(25)24(23-10)15-7-6-12(9-22-15)17(19,20)21/h2-7,9,23H,8H2,1H3. The van der Waals surface area contributed by atoms with Gasteiger partial charge in [-0.25, -0.2) is 9.67 Å². The average Bonchev–Trinajstić information content (AvgIpc) is 2.84. The summed E-state index contributed by atoms with van der Waals surface area (Å²) in [5, 5.41) is 3.39. The van der Waals surface area contributed by atoms with Crippen LogP contribution in [0.5, 0.6) is 0 Å². The van der Waals surface area contributed by atoms with Crippen molar-refractivity contribution in [1.82, 2.24) is 14.8 Å². The zero-order valence-electron chi connectivity index (χ0n) is 13.1. The van der Waals surface area contributed by atoms with Gasteiger partial charge in [-0.3, -0.25) is 9.89 Å². The fourth-order valence-corrected chi connectivity index (χ4v) is 2.67. The van der Waals surface area contributed by atoms with E-state index in [1.54, 1.807) is 19.1 Å². The predicted octanol–water partition coefficient (Wildman–Crippen LogP) is 4.13. The summed E-state index contributed by atoms with van der Waals surface area (Å²) in [6.45, 7) is 1.72. The van der Waals surface area contributed by atoms with E-state index in [2.05, 4.69) is 10.1 Å². The number of halogens is 4. The highest BCUT2D eigenvalue weighted by Crippen LogP contribution is 2.28. The Kier molecular flexibility index (Phi) is 4.43. The molecule has 0 fully saturated rings. The molecule has 4 nitrogen and oxygen atoms in total. The Hall–Kier alpha value is -2.54. The van der Waals surface area contributed by atoms with Gasteiger partial charge in [0.15, 0.2) is 5.82 Å². The van der Waals surface area contributed by atoms with E-state index in [0.29, 0.717) is 28.9 Å². The number of aryl methyl sites for hydroxylation is 1. The summed E-state index contributed by atoms with van der Waals surface area (Å²) in [4.78, 5) is 16.4. The maximum Gasteiger partial charge on any atom is 0.417 e. The molecule has 0 spiro atoms. The highest BCUT2D eigenvalue weighted by atomic mass is 35.5. The van der Waals surface area contributed by atoms with Crippen molar-refractivity contribution in [2.24, 2.45) is 0 Å². The lowest BCUT2D eigenvalue weighted by molar-refractivity contribution is -0.137. The lowest BCUT2D eigenvalue weighted by Gasteiger charge is -2.06. The maximum atomic E-state index is 12.6. The molecule has 3 rings (SSSR count). The first-order valence-electron chi connectivity index (χ1n) is 7.35. The van der Waals surface area contributed by atoms with E-state index in [1.165, 1.54) is 0 Å². The first kappa shape index (κ1) is 17.3. The smallest absolute Gasteiger partial charge is 0.294 e. The molecule has 0 saturated carbocycles. The number of hydrogen-bond acceptors (Lipinski definition) is 2. The molecule has 1 aromatic carbocycles. The first-order chi connectivity index (χ1) is 11.8. The van der Waals surface area contributed by atoms with E-state index in [4.69, 9.17) is 11.6 Å². The van der Waals surface area contributed by atoms with Crippen molar-refractivity contribution < 1.29 is 13.2 Å². The van der Waals surface area contributed by atoms with Crippen molar-refractivity contribution in [3.05, 3.63) is 80.4 Å². The predicted molar refractivity (Wildman–Crippen MR) is 88.2 cm³/mol. The molecule has 1 N–H and O–H groups in total. The third kappa shape index (κ3) is 3.46. The first-order valence-corrected chi connectivity index (χ1v) is 7.72. The lowest BCUT2D eigenvalue weighted by atomic mass is 10.1. The van der Waals surface area contributed by atoms with E-state index in [0.717, 1.165) is 22.4 Å². The van der Waals surface area contributed by atoms with E-state index in [1.807, 2.05) is 12.1 Å². The lowest BCUT2D eigenvalue weighted by Crippen LogP contribution is -2.19. The number of alkyl halides is 3. The molecule has 2 aromatic heterocycles. The number of rotatable bonds is 3. The van der Waals surface area contributed by atoms with Crippen LogP contribution in [0.25, 0.3) is 5.82 Å². The summed E-state index contributed by atoms with van der Waals surface area (Å²) in [7, 11) is 0. The summed E-state index contributed by atoms with van der Waals surface area (Å²) < 4.78 is 39.0. The molecule has 3 aromatic rings. The van der Waals surface area contributed by atoms with Crippen molar-refractivity contribution >= 4 is 11.6 Å². The summed E-state index contributed by atoms with van der Waals surface area (Å²) in [5.74, 6) is 0.0894. The number of aromatic amines is 1. The van der Waals surface area contributed by atoms with Crippen LogP contribution in [0.3, 0.4) is 0 Å². The molecule has 0 saturated heterocycles. The van der Waals surface area contributed by atoms with E-state index in [9.17, 15) is 18.0 Å². The Bertz CT molecular complexity index is 959.